The number of benzene rings is 2. The van der Waals surface area contributed by atoms with Crippen LogP contribution in [0.1, 0.15) is 49.4 Å². The number of aryl methyl sites for hydroxylation is 1. The molecule has 0 amide bonds. The first-order chi connectivity index (χ1) is 13.7. The average molecular weight is 400 g/mol. The number of rotatable bonds is 2. The molecule has 1 fully saturated rings. The summed E-state index contributed by atoms with van der Waals surface area (Å²) < 4.78 is 45.0. The fourth-order valence-electron chi connectivity index (χ4n) is 4.36. The highest BCUT2D eigenvalue weighted by Crippen LogP contribution is 2.39. The molecule has 4 rings (SSSR count). The maximum absolute atomic E-state index is 13.0. The Morgan fingerprint density at radius 1 is 0.931 bits per heavy atom. The van der Waals surface area contributed by atoms with Crippen LogP contribution < -0.4 is 0 Å². The van der Waals surface area contributed by atoms with Gasteiger partial charge in [-0.1, -0.05) is 30.3 Å². The molecule has 6 heteroatoms. The van der Waals surface area contributed by atoms with Crippen molar-refractivity contribution < 1.29 is 17.9 Å². The fraction of sp³-hybridized carbons (Fsp3) is 0.391. The van der Waals surface area contributed by atoms with Gasteiger partial charge in [-0.15, -0.1) is 5.10 Å². The molecule has 2 aromatic carbocycles. The first kappa shape index (κ1) is 19.8. The molecular weight excluding hydrogens is 377 g/mol. The van der Waals surface area contributed by atoms with Crippen LogP contribution in [0, 0.1) is 6.92 Å². The second kappa shape index (κ2) is 7.41. The second-order valence-corrected chi connectivity index (χ2v) is 7.93. The molecule has 1 aliphatic heterocycles. The summed E-state index contributed by atoms with van der Waals surface area (Å²) in [5.41, 5.74) is 2.10. The largest absolute Gasteiger partial charge is 0.416 e. The molecule has 3 atom stereocenters. The number of fused-ring (bicyclic) bond motifs is 1. The minimum absolute atomic E-state index is 0.154. The average Bonchev–Trinajstić information content (AvgIpc) is 2.66. The summed E-state index contributed by atoms with van der Waals surface area (Å²) in [6, 6.07) is 11.6. The first-order valence-electron chi connectivity index (χ1n) is 9.83. The molecular formula is C23H23F3N2O. The van der Waals surface area contributed by atoms with E-state index >= 15 is 0 Å². The van der Waals surface area contributed by atoms with Gasteiger partial charge in [0.25, 0.3) is 0 Å². The van der Waals surface area contributed by atoms with Gasteiger partial charge < -0.3 is 4.74 Å². The molecule has 3 nitrogen and oxygen atoms in total. The van der Waals surface area contributed by atoms with E-state index in [1.165, 1.54) is 12.1 Å². The third-order valence-electron chi connectivity index (χ3n) is 5.61. The number of hydrogen-bond donors (Lipinski definition) is 0. The Bertz CT molecular complexity index is 1040. The van der Waals surface area contributed by atoms with Gasteiger partial charge in [0.1, 0.15) is 5.69 Å². The number of aromatic nitrogens is 2. The minimum atomic E-state index is -4.36. The van der Waals surface area contributed by atoms with Gasteiger partial charge in [0, 0.05) is 22.3 Å². The second-order valence-electron chi connectivity index (χ2n) is 7.93. The Kier molecular flexibility index (Phi) is 5.07. The van der Waals surface area contributed by atoms with Crippen LogP contribution >= 0.6 is 0 Å². The van der Waals surface area contributed by atoms with E-state index in [1.807, 2.05) is 24.3 Å². The Balaban J connectivity index is 1.82. The Morgan fingerprint density at radius 3 is 2.21 bits per heavy atom. The SMILES string of the molecule is Cc1cc(C(F)(F)F)ccc1-c1nnc([C@H]2C[C@@H](C)O[C@@H](C)C2)c2ccccc12. The molecule has 29 heavy (non-hydrogen) atoms. The molecule has 152 valence electrons. The summed E-state index contributed by atoms with van der Waals surface area (Å²) in [7, 11) is 0. The lowest BCUT2D eigenvalue weighted by Crippen LogP contribution is -2.28. The predicted molar refractivity (Wildman–Crippen MR) is 107 cm³/mol. The summed E-state index contributed by atoms with van der Waals surface area (Å²) >= 11 is 0. The molecule has 0 radical (unpaired) electrons. The minimum Gasteiger partial charge on any atom is -0.376 e. The van der Waals surface area contributed by atoms with Crippen LogP contribution in [0.5, 0.6) is 0 Å². The van der Waals surface area contributed by atoms with E-state index in [9.17, 15) is 13.2 Å². The molecule has 0 aliphatic carbocycles. The lowest BCUT2D eigenvalue weighted by molar-refractivity contribution is -0.137. The molecule has 0 spiro atoms. The molecule has 3 aromatic rings. The van der Waals surface area contributed by atoms with E-state index in [0.717, 1.165) is 35.4 Å². The van der Waals surface area contributed by atoms with Crippen molar-refractivity contribution in [2.75, 3.05) is 0 Å². The molecule has 0 bridgehead atoms. The highest BCUT2D eigenvalue weighted by atomic mass is 19.4. The van der Waals surface area contributed by atoms with Crippen LogP contribution in [-0.4, -0.2) is 22.4 Å². The van der Waals surface area contributed by atoms with Gasteiger partial charge in [0.2, 0.25) is 0 Å². The zero-order chi connectivity index (χ0) is 20.8. The number of alkyl halides is 3. The van der Waals surface area contributed by atoms with Gasteiger partial charge in [0.05, 0.1) is 23.5 Å². The molecule has 0 saturated carbocycles. The number of nitrogens with zero attached hydrogens (tertiary/aromatic N) is 2. The van der Waals surface area contributed by atoms with Gasteiger partial charge in [0.15, 0.2) is 0 Å². The van der Waals surface area contributed by atoms with E-state index in [-0.39, 0.29) is 18.1 Å². The lowest BCUT2D eigenvalue weighted by atomic mass is 9.87. The zero-order valence-corrected chi connectivity index (χ0v) is 16.6. The van der Waals surface area contributed by atoms with Crippen molar-refractivity contribution in [1.82, 2.24) is 10.2 Å². The summed E-state index contributed by atoms with van der Waals surface area (Å²) in [6.07, 6.45) is -2.30. The third kappa shape index (κ3) is 3.86. The van der Waals surface area contributed by atoms with Gasteiger partial charge in [-0.3, -0.25) is 0 Å². The van der Waals surface area contributed by atoms with Crippen LogP contribution in [0.15, 0.2) is 42.5 Å². The standard InChI is InChI=1S/C23H23F3N2O/c1-13-10-17(23(24,25)26)8-9-18(13)22-20-7-5-4-6-19(20)21(27-28-22)16-11-14(2)29-15(3)12-16/h4-10,14-16H,11-12H2,1-3H3/t14-,15+,16+. The predicted octanol–water partition coefficient (Wildman–Crippen LogP) is 6.30. The monoisotopic (exact) mass is 400 g/mol. The lowest BCUT2D eigenvalue weighted by Gasteiger charge is -2.32. The number of halogens is 3. The Morgan fingerprint density at radius 2 is 1.59 bits per heavy atom. The van der Waals surface area contributed by atoms with Crippen molar-refractivity contribution in [3.05, 3.63) is 59.3 Å². The molecule has 0 unspecified atom stereocenters. The van der Waals surface area contributed by atoms with Gasteiger partial charge in [-0.25, -0.2) is 0 Å². The van der Waals surface area contributed by atoms with Crippen molar-refractivity contribution in [3.8, 4) is 11.3 Å². The highest BCUT2D eigenvalue weighted by Gasteiger charge is 2.31. The van der Waals surface area contributed by atoms with Crippen molar-refractivity contribution in [2.45, 2.75) is 57.9 Å². The molecule has 2 heterocycles. The van der Waals surface area contributed by atoms with Gasteiger partial charge in [-0.2, -0.15) is 18.3 Å². The van der Waals surface area contributed by atoms with Crippen LogP contribution in [0.25, 0.3) is 22.0 Å². The van der Waals surface area contributed by atoms with E-state index < -0.39 is 11.7 Å². The normalized spacial score (nSPS) is 22.8. The third-order valence-corrected chi connectivity index (χ3v) is 5.61. The van der Waals surface area contributed by atoms with Crippen LogP contribution in [-0.2, 0) is 10.9 Å². The molecule has 0 N–H and O–H groups in total. The van der Waals surface area contributed by atoms with Crippen LogP contribution in [0.2, 0.25) is 0 Å². The summed E-state index contributed by atoms with van der Waals surface area (Å²) in [5, 5.41) is 11.0. The van der Waals surface area contributed by atoms with Crippen molar-refractivity contribution in [2.24, 2.45) is 0 Å². The maximum Gasteiger partial charge on any atom is 0.416 e. The quantitative estimate of drug-likeness (QED) is 0.507. The maximum atomic E-state index is 13.0. The van der Waals surface area contributed by atoms with E-state index in [1.54, 1.807) is 6.92 Å². The van der Waals surface area contributed by atoms with Gasteiger partial charge in [-0.05, 0) is 51.3 Å². The number of ether oxygens (including phenoxy) is 1. The molecule has 1 aliphatic rings. The van der Waals surface area contributed by atoms with E-state index in [2.05, 4.69) is 24.0 Å². The zero-order valence-electron chi connectivity index (χ0n) is 16.6. The fourth-order valence-corrected chi connectivity index (χ4v) is 4.36. The first-order valence-corrected chi connectivity index (χ1v) is 9.83. The summed E-state index contributed by atoms with van der Waals surface area (Å²) in [4.78, 5) is 0. The molecule has 1 aromatic heterocycles. The van der Waals surface area contributed by atoms with E-state index in [0.29, 0.717) is 16.8 Å². The smallest absolute Gasteiger partial charge is 0.376 e. The summed E-state index contributed by atoms with van der Waals surface area (Å²) in [5.74, 6) is 0.244. The topological polar surface area (TPSA) is 35.0 Å². The van der Waals surface area contributed by atoms with Crippen molar-refractivity contribution in [1.29, 1.82) is 0 Å². The Hall–Kier alpha value is -2.47. The summed E-state index contributed by atoms with van der Waals surface area (Å²) in [6.45, 7) is 5.81. The van der Waals surface area contributed by atoms with Crippen LogP contribution in [0.3, 0.4) is 0 Å². The van der Waals surface area contributed by atoms with Gasteiger partial charge >= 0.3 is 6.18 Å². The van der Waals surface area contributed by atoms with Crippen molar-refractivity contribution >= 4 is 10.8 Å². The number of hydrogen-bond acceptors (Lipinski definition) is 3. The van der Waals surface area contributed by atoms with Crippen molar-refractivity contribution in [3.63, 3.8) is 0 Å². The molecule has 1 saturated heterocycles. The van der Waals surface area contributed by atoms with E-state index in [4.69, 9.17) is 4.74 Å². The highest BCUT2D eigenvalue weighted by molar-refractivity contribution is 5.96. The Labute approximate surface area is 167 Å². The van der Waals surface area contributed by atoms with Crippen LogP contribution in [0.4, 0.5) is 13.2 Å².